The highest BCUT2D eigenvalue weighted by atomic mass is 35.5. The lowest BCUT2D eigenvalue weighted by Gasteiger charge is -2.09. The summed E-state index contributed by atoms with van der Waals surface area (Å²) in [5.74, 6) is 2.39. The minimum Gasteiger partial charge on any atom is -0.495 e. The molecule has 4 nitrogen and oxygen atoms in total. The van der Waals surface area contributed by atoms with Crippen LogP contribution in [0.25, 0.3) is 11.3 Å². The first-order chi connectivity index (χ1) is 10.1. The van der Waals surface area contributed by atoms with Crippen LogP contribution in [0.3, 0.4) is 0 Å². The molecular weight excluding hydrogens is 359 g/mol. The van der Waals surface area contributed by atoms with Gasteiger partial charge in [-0.2, -0.15) is 0 Å². The van der Waals surface area contributed by atoms with Crippen LogP contribution in [0.4, 0.5) is 0 Å². The third-order valence-corrected chi connectivity index (χ3v) is 3.43. The maximum Gasteiger partial charge on any atom is 0.137 e. The average molecular weight is 382 g/mol. The number of furan rings is 1. The maximum absolute atomic E-state index is 6.13. The molecular formula is C16H23Cl3N2O2. The molecule has 0 bridgehead atoms. The van der Waals surface area contributed by atoms with Gasteiger partial charge in [-0.25, -0.2) is 0 Å². The molecule has 0 fully saturated rings. The van der Waals surface area contributed by atoms with Crippen LogP contribution in [-0.2, 0) is 6.54 Å². The quantitative estimate of drug-likeness (QED) is 0.733. The molecule has 0 unspecified atom stereocenters. The predicted molar refractivity (Wildman–Crippen MR) is 100 cm³/mol. The highest BCUT2D eigenvalue weighted by Gasteiger charge is 2.08. The summed E-state index contributed by atoms with van der Waals surface area (Å²) in [4.78, 5) is 2.14. The van der Waals surface area contributed by atoms with Crippen molar-refractivity contribution < 1.29 is 9.15 Å². The second-order valence-corrected chi connectivity index (χ2v) is 5.50. The first-order valence-electron chi connectivity index (χ1n) is 6.88. The summed E-state index contributed by atoms with van der Waals surface area (Å²) in [5.41, 5.74) is 0.945. The number of benzene rings is 1. The number of likely N-dealkylation sites (N-methyl/N-ethyl adjacent to an activating group) is 1. The number of hydrogen-bond acceptors (Lipinski definition) is 4. The van der Waals surface area contributed by atoms with E-state index in [0.717, 1.165) is 36.7 Å². The zero-order valence-corrected chi connectivity index (χ0v) is 15.9. The summed E-state index contributed by atoms with van der Waals surface area (Å²) in [6, 6.07) is 9.57. The van der Waals surface area contributed by atoms with Gasteiger partial charge in [0.15, 0.2) is 0 Å². The highest BCUT2D eigenvalue weighted by molar-refractivity contribution is 6.32. The Bertz CT molecular complexity index is 588. The van der Waals surface area contributed by atoms with Gasteiger partial charge in [-0.15, -0.1) is 24.8 Å². The van der Waals surface area contributed by atoms with Crippen molar-refractivity contribution in [2.45, 2.75) is 6.54 Å². The van der Waals surface area contributed by atoms with E-state index in [9.17, 15) is 0 Å². The average Bonchev–Trinajstić information content (AvgIpc) is 2.92. The fourth-order valence-corrected chi connectivity index (χ4v) is 2.22. The molecule has 0 aliphatic carbocycles. The van der Waals surface area contributed by atoms with Crippen molar-refractivity contribution in [3.05, 3.63) is 41.1 Å². The Morgan fingerprint density at radius 2 is 1.91 bits per heavy atom. The van der Waals surface area contributed by atoms with E-state index in [1.807, 2.05) is 30.3 Å². The third-order valence-electron chi connectivity index (χ3n) is 3.13. The lowest BCUT2D eigenvalue weighted by Crippen LogP contribution is -2.25. The summed E-state index contributed by atoms with van der Waals surface area (Å²) in [7, 11) is 5.71. The number of ether oxygens (including phenoxy) is 1. The third kappa shape index (κ3) is 6.61. The molecule has 2 aromatic rings. The van der Waals surface area contributed by atoms with E-state index in [1.165, 1.54) is 0 Å². The van der Waals surface area contributed by atoms with Crippen molar-refractivity contribution in [3.8, 4) is 17.1 Å². The number of rotatable bonds is 7. The molecule has 1 heterocycles. The normalized spacial score (nSPS) is 10.1. The van der Waals surface area contributed by atoms with Crippen LogP contribution in [0, 0.1) is 0 Å². The molecule has 0 spiro atoms. The van der Waals surface area contributed by atoms with Gasteiger partial charge in [-0.1, -0.05) is 11.6 Å². The summed E-state index contributed by atoms with van der Waals surface area (Å²) in [5, 5.41) is 3.93. The zero-order chi connectivity index (χ0) is 15.2. The van der Waals surface area contributed by atoms with Crippen molar-refractivity contribution in [1.29, 1.82) is 0 Å². The van der Waals surface area contributed by atoms with Gasteiger partial charge in [0, 0.05) is 18.7 Å². The Morgan fingerprint density at radius 1 is 1.17 bits per heavy atom. The van der Waals surface area contributed by atoms with Crippen LogP contribution in [-0.4, -0.2) is 39.2 Å². The second kappa shape index (κ2) is 10.8. The van der Waals surface area contributed by atoms with Crippen LogP contribution in [0.2, 0.25) is 5.02 Å². The van der Waals surface area contributed by atoms with E-state index in [-0.39, 0.29) is 24.8 Å². The van der Waals surface area contributed by atoms with Gasteiger partial charge >= 0.3 is 0 Å². The lowest BCUT2D eigenvalue weighted by molar-refractivity contribution is 0.392. The molecule has 7 heteroatoms. The van der Waals surface area contributed by atoms with Crippen molar-refractivity contribution in [1.82, 2.24) is 10.2 Å². The molecule has 23 heavy (non-hydrogen) atoms. The van der Waals surface area contributed by atoms with Crippen LogP contribution in [0.5, 0.6) is 5.75 Å². The molecule has 0 radical (unpaired) electrons. The van der Waals surface area contributed by atoms with E-state index < -0.39 is 0 Å². The number of nitrogens with zero attached hydrogens (tertiary/aromatic N) is 1. The monoisotopic (exact) mass is 380 g/mol. The summed E-state index contributed by atoms with van der Waals surface area (Å²) >= 11 is 6.13. The first-order valence-corrected chi connectivity index (χ1v) is 7.26. The summed E-state index contributed by atoms with van der Waals surface area (Å²) in [6.45, 7) is 2.65. The van der Waals surface area contributed by atoms with Gasteiger partial charge in [0.25, 0.3) is 0 Å². The summed E-state index contributed by atoms with van der Waals surface area (Å²) < 4.78 is 11.0. The van der Waals surface area contributed by atoms with E-state index >= 15 is 0 Å². The minimum atomic E-state index is 0. The number of nitrogens with one attached hydrogen (secondary N) is 1. The molecule has 1 N–H and O–H groups in total. The molecule has 0 saturated heterocycles. The molecule has 1 aromatic heterocycles. The predicted octanol–water partition coefficient (Wildman–Crippen LogP) is 4.10. The maximum atomic E-state index is 6.13. The van der Waals surface area contributed by atoms with E-state index in [0.29, 0.717) is 10.8 Å². The Labute approximate surface area is 155 Å². The first kappa shape index (κ1) is 22.1. The molecule has 130 valence electrons. The minimum absolute atomic E-state index is 0. The fourth-order valence-electron chi connectivity index (χ4n) is 1.96. The van der Waals surface area contributed by atoms with Gasteiger partial charge in [-0.3, -0.25) is 0 Å². The van der Waals surface area contributed by atoms with Crippen molar-refractivity contribution in [2.75, 3.05) is 34.3 Å². The van der Waals surface area contributed by atoms with Gasteiger partial charge in [0.2, 0.25) is 0 Å². The highest BCUT2D eigenvalue weighted by Crippen LogP contribution is 2.30. The number of hydrogen-bond donors (Lipinski definition) is 1. The van der Waals surface area contributed by atoms with E-state index in [4.69, 9.17) is 20.8 Å². The number of halogens is 3. The largest absolute Gasteiger partial charge is 0.495 e. The Balaban J connectivity index is 0.00000242. The SMILES string of the molecule is COc1ccc(-c2ccc(CNCCN(C)C)o2)cc1Cl.Cl.Cl. The van der Waals surface area contributed by atoms with Gasteiger partial charge in [0.1, 0.15) is 17.3 Å². The van der Waals surface area contributed by atoms with Gasteiger partial charge in [0.05, 0.1) is 18.7 Å². The van der Waals surface area contributed by atoms with Crippen molar-refractivity contribution in [3.63, 3.8) is 0 Å². The topological polar surface area (TPSA) is 37.6 Å². The van der Waals surface area contributed by atoms with Crippen LogP contribution < -0.4 is 10.1 Å². The molecule has 0 atom stereocenters. The molecule has 0 aliphatic rings. The van der Waals surface area contributed by atoms with E-state index in [1.54, 1.807) is 7.11 Å². The van der Waals surface area contributed by atoms with Crippen LogP contribution in [0.1, 0.15) is 5.76 Å². The molecule has 0 saturated carbocycles. The fraction of sp³-hybridized carbons (Fsp3) is 0.375. The molecule has 1 aromatic carbocycles. The summed E-state index contributed by atoms with van der Waals surface area (Å²) in [6.07, 6.45) is 0. The van der Waals surface area contributed by atoms with Gasteiger partial charge in [-0.05, 0) is 44.4 Å². The lowest BCUT2D eigenvalue weighted by atomic mass is 10.2. The van der Waals surface area contributed by atoms with E-state index in [2.05, 4.69) is 24.3 Å². The van der Waals surface area contributed by atoms with Gasteiger partial charge < -0.3 is 19.4 Å². The van der Waals surface area contributed by atoms with Crippen LogP contribution >= 0.6 is 36.4 Å². The standard InChI is InChI=1S/C16H21ClN2O2.2ClH/c1-19(2)9-8-18-11-13-5-7-15(21-13)12-4-6-16(20-3)14(17)10-12;;/h4-7,10,18H,8-9,11H2,1-3H3;2*1H. The van der Waals surface area contributed by atoms with Crippen molar-refractivity contribution >= 4 is 36.4 Å². The molecule has 0 amide bonds. The number of methoxy groups -OCH3 is 1. The molecule has 0 aliphatic heterocycles. The Hall–Kier alpha value is -0.910. The Kier molecular flexibility index (Phi) is 10.4. The zero-order valence-electron chi connectivity index (χ0n) is 13.5. The smallest absolute Gasteiger partial charge is 0.137 e. The Morgan fingerprint density at radius 3 is 2.52 bits per heavy atom. The van der Waals surface area contributed by atoms with Crippen molar-refractivity contribution in [2.24, 2.45) is 0 Å². The second-order valence-electron chi connectivity index (χ2n) is 5.10. The van der Waals surface area contributed by atoms with Crippen LogP contribution in [0.15, 0.2) is 34.7 Å². The molecule has 2 rings (SSSR count).